The average molecular weight is 347 g/mol. The quantitative estimate of drug-likeness (QED) is 0.711. The molecule has 0 spiro atoms. The molecule has 132 valence electrons. The highest BCUT2D eigenvalue weighted by Gasteiger charge is 2.08. The van der Waals surface area contributed by atoms with E-state index in [4.69, 9.17) is 0 Å². The monoisotopic (exact) mass is 347 g/mol. The molecular weight excluding hydrogens is 326 g/mol. The molecule has 1 amide bonds. The molecule has 0 aliphatic rings. The Balaban J connectivity index is 1.58. The van der Waals surface area contributed by atoms with Crippen LogP contribution in [-0.2, 0) is 6.54 Å². The molecule has 26 heavy (non-hydrogen) atoms. The molecule has 0 atom stereocenters. The summed E-state index contributed by atoms with van der Waals surface area (Å²) in [5.74, 6) is 0.814. The van der Waals surface area contributed by atoms with Crippen LogP contribution in [-0.4, -0.2) is 21.1 Å². The van der Waals surface area contributed by atoms with Gasteiger partial charge in [-0.3, -0.25) is 9.78 Å². The number of pyridine rings is 1. The molecule has 0 aliphatic carbocycles. The van der Waals surface area contributed by atoms with Crippen LogP contribution in [0.15, 0.2) is 60.9 Å². The van der Waals surface area contributed by atoms with Gasteiger partial charge in [-0.2, -0.15) is 0 Å². The maximum atomic E-state index is 12.1. The van der Waals surface area contributed by atoms with Crippen LogP contribution >= 0.6 is 0 Å². The zero-order valence-corrected chi connectivity index (χ0v) is 14.8. The van der Waals surface area contributed by atoms with Gasteiger partial charge in [-0.15, -0.1) is 10.2 Å². The molecular formula is C20H21N5O. The van der Waals surface area contributed by atoms with Gasteiger partial charge in [0.2, 0.25) is 0 Å². The standard InChI is InChI=1S/C20H21N5O/c1-14(2)16-5-7-17(8-6-16)23-19-10-9-18(24-25-19)20(26)22-13-15-4-3-11-21-12-15/h3-12,14H,13H2,1-2H3,(H,22,26)(H,23,25). The number of benzene rings is 1. The molecule has 6 nitrogen and oxygen atoms in total. The molecule has 2 aromatic heterocycles. The third kappa shape index (κ3) is 4.63. The Kier molecular flexibility index (Phi) is 5.53. The van der Waals surface area contributed by atoms with Crippen molar-refractivity contribution < 1.29 is 4.79 Å². The lowest BCUT2D eigenvalue weighted by atomic mass is 10.0. The Morgan fingerprint density at radius 1 is 1.04 bits per heavy atom. The number of hydrogen-bond donors (Lipinski definition) is 2. The van der Waals surface area contributed by atoms with Gasteiger partial charge >= 0.3 is 0 Å². The number of hydrogen-bond acceptors (Lipinski definition) is 5. The van der Waals surface area contributed by atoms with Gasteiger partial charge in [0, 0.05) is 24.6 Å². The summed E-state index contributed by atoms with van der Waals surface area (Å²) in [6.07, 6.45) is 3.41. The topological polar surface area (TPSA) is 79.8 Å². The Bertz CT molecular complexity index is 846. The van der Waals surface area contributed by atoms with Crippen LogP contribution in [0.5, 0.6) is 0 Å². The van der Waals surface area contributed by atoms with Crippen LogP contribution in [0.25, 0.3) is 0 Å². The zero-order valence-electron chi connectivity index (χ0n) is 14.8. The van der Waals surface area contributed by atoms with E-state index >= 15 is 0 Å². The number of rotatable bonds is 6. The predicted molar refractivity (Wildman–Crippen MR) is 101 cm³/mol. The Labute approximate surface area is 152 Å². The molecule has 6 heteroatoms. The number of anilines is 2. The second-order valence-corrected chi connectivity index (χ2v) is 6.25. The second kappa shape index (κ2) is 8.20. The largest absolute Gasteiger partial charge is 0.347 e. The Morgan fingerprint density at radius 2 is 1.85 bits per heavy atom. The lowest BCUT2D eigenvalue weighted by Crippen LogP contribution is -2.24. The van der Waals surface area contributed by atoms with E-state index in [0.717, 1.165) is 11.3 Å². The fourth-order valence-electron chi connectivity index (χ4n) is 2.39. The lowest BCUT2D eigenvalue weighted by Gasteiger charge is -2.09. The molecule has 1 aromatic carbocycles. The molecule has 0 fully saturated rings. The van der Waals surface area contributed by atoms with Crippen molar-refractivity contribution in [2.75, 3.05) is 5.32 Å². The molecule has 0 saturated carbocycles. The zero-order chi connectivity index (χ0) is 18.4. The van der Waals surface area contributed by atoms with Crippen LogP contribution in [0.1, 0.15) is 41.4 Å². The number of nitrogens with one attached hydrogen (secondary N) is 2. The Morgan fingerprint density at radius 3 is 2.46 bits per heavy atom. The first-order chi connectivity index (χ1) is 12.6. The van der Waals surface area contributed by atoms with Gasteiger partial charge in [0.25, 0.3) is 5.91 Å². The number of carbonyl (C=O) groups excluding carboxylic acids is 1. The van der Waals surface area contributed by atoms with Gasteiger partial charge in [0.1, 0.15) is 0 Å². The first kappa shape index (κ1) is 17.5. The van der Waals surface area contributed by atoms with Gasteiger partial charge in [0.15, 0.2) is 11.5 Å². The van der Waals surface area contributed by atoms with Crippen molar-refractivity contribution in [3.8, 4) is 0 Å². The summed E-state index contributed by atoms with van der Waals surface area (Å²) in [5, 5.41) is 14.0. The van der Waals surface area contributed by atoms with E-state index in [0.29, 0.717) is 18.3 Å². The first-order valence-corrected chi connectivity index (χ1v) is 8.49. The molecule has 3 rings (SSSR count). The smallest absolute Gasteiger partial charge is 0.272 e. The van der Waals surface area contributed by atoms with Crippen molar-refractivity contribution in [1.82, 2.24) is 20.5 Å². The highest BCUT2D eigenvalue weighted by molar-refractivity contribution is 5.92. The minimum atomic E-state index is -0.269. The molecule has 2 heterocycles. The van der Waals surface area contributed by atoms with Crippen LogP contribution in [0.3, 0.4) is 0 Å². The summed E-state index contributed by atoms with van der Waals surface area (Å²) in [7, 11) is 0. The maximum absolute atomic E-state index is 12.1. The van der Waals surface area contributed by atoms with Crippen molar-refractivity contribution in [3.05, 3.63) is 77.7 Å². The van der Waals surface area contributed by atoms with Gasteiger partial charge in [-0.05, 0) is 47.4 Å². The van der Waals surface area contributed by atoms with Crippen molar-refractivity contribution in [2.24, 2.45) is 0 Å². The molecule has 3 aromatic rings. The normalized spacial score (nSPS) is 10.6. The summed E-state index contributed by atoms with van der Waals surface area (Å²) in [6, 6.07) is 15.3. The lowest BCUT2D eigenvalue weighted by molar-refractivity contribution is 0.0945. The molecule has 0 aliphatic heterocycles. The van der Waals surface area contributed by atoms with E-state index in [1.54, 1.807) is 24.5 Å². The SMILES string of the molecule is CC(C)c1ccc(Nc2ccc(C(=O)NCc3cccnc3)nn2)cc1. The number of amides is 1. The summed E-state index contributed by atoms with van der Waals surface area (Å²) in [6.45, 7) is 4.72. The van der Waals surface area contributed by atoms with E-state index in [-0.39, 0.29) is 11.6 Å². The number of carbonyl (C=O) groups is 1. The number of aromatic nitrogens is 3. The summed E-state index contributed by atoms with van der Waals surface area (Å²) >= 11 is 0. The maximum Gasteiger partial charge on any atom is 0.272 e. The highest BCUT2D eigenvalue weighted by Crippen LogP contribution is 2.19. The first-order valence-electron chi connectivity index (χ1n) is 8.49. The minimum Gasteiger partial charge on any atom is -0.347 e. The van der Waals surface area contributed by atoms with Crippen LogP contribution < -0.4 is 10.6 Å². The summed E-state index contributed by atoms with van der Waals surface area (Å²) in [5.41, 5.74) is 3.41. The minimum absolute atomic E-state index is 0.269. The van der Waals surface area contributed by atoms with Crippen LogP contribution in [0.2, 0.25) is 0 Å². The van der Waals surface area contributed by atoms with Gasteiger partial charge in [-0.1, -0.05) is 32.0 Å². The average Bonchev–Trinajstić information content (AvgIpc) is 2.68. The Hall–Kier alpha value is -3.28. The van der Waals surface area contributed by atoms with Crippen LogP contribution in [0, 0.1) is 0 Å². The number of nitrogens with zero attached hydrogens (tertiary/aromatic N) is 3. The molecule has 0 saturated heterocycles. The van der Waals surface area contributed by atoms with Gasteiger partial charge < -0.3 is 10.6 Å². The second-order valence-electron chi connectivity index (χ2n) is 6.25. The molecule has 0 radical (unpaired) electrons. The van der Waals surface area contributed by atoms with Crippen molar-refractivity contribution in [2.45, 2.75) is 26.3 Å². The van der Waals surface area contributed by atoms with Crippen LogP contribution in [0.4, 0.5) is 11.5 Å². The third-order valence-electron chi connectivity index (χ3n) is 3.92. The molecule has 2 N–H and O–H groups in total. The predicted octanol–water partition coefficient (Wildman–Crippen LogP) is 3.67. The van der Waals surface area contributed by atoms with E-state index in [1.165, 1.54) is 5.56 Å². The van der Waals surface area contributed by atoms with Crippen molar-refractivity contribution in [3.63, 3.8) is 0 Å². The fourth-order valence-corrected chi connectivity index (χ4v) is 2.39. The third-order valence-corrected chi connectivity index (χ3v) is 3.92. The van der Waals surface area contributed by atoms with E-state index < -0.39 is 0 Å². The van der Waals surface area contributed by atoms with Crippen molar-refractivity contribution in [1.29, 1.82) is 0 Å². The molecule has 0 bridgehead atoms. The van der Waals surface area contributed by atoms with Crippen molar-refractivity contribution >= 4 is 17.4 Å². The van der Waals surface area contributed by atoms with Gasteiger partial charge in [0.05, 0.1) is 0 Å². The highest BCUT2D eigenvalue weighted by atomic mass is 16.1. The fraction of sp³-hybridized carbons (Fsp3) is 0.200. The van der Waals surface area contributed by atoms with E-state index in [1.807, 2.05) is 24.3 Å². The van der Waals surface area contributed by atoms with E-state index in [2.05, 4.69) is 51.8 Å². The summed E-state index contributed by atoms with van der Waals surface area (Å²) < 4.78 is 0. The van der Waals surface area contributed by atoms with Gasteiger partial charge in [-0.25, -0.2) is 0 Å². The molecule has 0 unspecified atom stereocenters. The summed E-state index contributed by atoms with van der Waals surface area (Å²) in [4.78, 5) is 16.1. The van der Waals surface area contributed by atoms with E-state index in [9.17, 15) is 4.79 Å².